The molecule has 19 heavy (non-hydrogen) atoms. The average molecular weight is 268 g/mol. The molecule has 2 fully saturated rings. The smallest absolute Gasteiger partial charge is 0.233 e. The Morgan fingerprint density at radius 1 is 1.26 bits per heavy atom. The SMILES string of the molecule is CC1CC2C(=O)N(CC(C)(O)CN(C)C)C(=O)C2C1. The van der Waals surface area contributed by atoms with Gasteiger partial charge >= 0.3 is 0 Å². The Balaban J connectivity index is 2.07. The molecule has 0 aromatic rings. The van der Waals surface area contributed by atoms with Crippen LogP contribution in [0.4, 0.5) is 0 Å². The van der Waals surface area contributed by atoms with E-state index in [2.05, 4.69) is 6.92 Å². The summed E-state index contributed by atoms with van der Waals surface area (Å²) in [6.07, 6.45) is 1.61. The van der Waals surface area contributed by atoms with Gasteiger partial charge in [-0.15, -0.1) is 0 Å². The van der Waals surface area contributed by atoms with Gasteiger partial charge in [0.25, 0.3) is 0 Å². The summed E-state index contributed by atoms with van der Waals surface area (Å²) >= 11 is 0. The molecular formula is C14H24N2O3. The molecule has 1 saturated carbocycles. The fraction of sp³-hybridized carbons (Fsp3) is 0.857. The molecule has 0 radical (unpaired) electrons. The van der Waals surface area contributed by atoms with Crippen molar-refractivity contribution in [2.75, 3.05) is 27.2 Å². The Morgan fingerprint density at radius 3 is 2.16 bits per heavy atom. The minimum Gasteiger partial charge on any atom is -0.387 e. The zero-order valence-electron chi connectivity index (χ0n) is 12.2. The summed E-state index contributed by atoms with van der Waals surface area (Å²) in [5.74, 6) is -0.000546. The molecule has 2 amide bonds. The summed E-state index contributed by atoms with van der Waals surface area (Å²) in [5, 5.41) is 10.3. The first-order chi connectivity index (χ1) is 8.71. The van der Waals surface area contributed by atoms with Gasteiger partial charge in [0.2, 0.25) is 11.8 Å². The molecule has 0 aromatic carbocycles. The van der Waals surface area contributed by atoms with E-state index < -0.39 is 5.60 Å². The molecule has 1 N–H and O–H groups in total. The molecule has 0 aromatic heterocycles. The van der Waals surface area contributed by atoms with Gasteiger partial charge in [-0.25, -0.2) is 0 Å². The fourth-order valence-corrected chi connectivity index (χ4v) is 3.57. The Hall–Kier alpha value is -0.940. The highest BCUT2D eigenvalue weighted by Crippen LogP contribution is 2.43. The van der Waals surface area contributed by atoms with Gasteiger partial charge in [-0.05, 0) is 39.8 Å². The second kappa shape index (κ2) is 4.87. The maximum atomic E-state index is 12.3. The first-order valence-corrected chi connectivity index (χ1v) is 6.93. The second-order valence-corrected chi connectivity index (χ2v) is 6.79. The normalized spacial score (nSPS) is 34.0. The molecule has 3 unspecified atom stereocenters. The van der Waals surface area contributed by atoms with Crippen LogP contribution >= 0.6 is 0 Å². The molecule has 0 bridgehead atoms. The summed E-state index contributed by atoms with van der Waals surface area (Å²) in [4.78, 5) is 27.7. The van der Waals surface area contributed by atoms with Crippen LogP contribution in [0.15, 0.2) is 0 Å². The number of amides is 2. The lowest BCUT2D eigenvalue weighted by molar-refractivity contribution is -0.144. The number of aliphatic hydroxyl groups is 1. The van der Waals surface area contributed by atoms with Gasteiger partial charge in [0.05, 0.1) is 24.0 Å². The predicted molar refractivity (Wildman–Crippen MR) is 71.3 cm³/mol. The van der Waals surface area contributed by atoms with Crippen molar-refractivity contribution < 1.29 is 14.7 Å². The van der Waals surface area contributed by atoms with Gasteiger partial charge in [-0.1, -0.05) is 6.92 Å². The minimum atomic E-state index is -1.06. The summed E-state index contributed by atoms with van der Waals surface area (Å²) < 4.78 is 0. The topological polar surface area (TPSA) is 60.9 Å². The standard InChI is InChI=1S/C14H24N2O3/c1-9-5-10-11(6-9)13(18)16(12(10)17)8-14(2,19)7-15(3)4/h9-11,19H,5-8H2,1-4H3. The van der Waals surface area contributed by atoms with E-state index in [4.69, 9.17) is 0 Å². The average Bonchev–Trinajstić information content (AvgIpc) is 2.71. The summed E-state index contributed by atoms with van der Waals surface area (Å²) in [5.41, 5.74) is -1.06. The Kier molecular flexibility index (Phi) is 3.71. The van der Waals surface area contributed by atoms with Gasteiger partial charge in [0, 0.05) is 6.54 Å². The lowest BCUT2D eigenvalue weighted by Gasteiger charge is -2.31. The number of likely N-dealkylation sites (N-methyl/N-ethyl adjacent to an activating group) is 1. The number of β-amino-alcohol motifs (C(OH)–C–C–N with tert-alkyl or cyclic N) is 1. The van der Waals surface area contributed by atoms with Crippen molar-refractivity contribution in [2.45, 2.75) is 32.3 Å². The number of rotatable bonds is 4. The molecule has 1 aliphatic carbocycles. The number of carbonyl (C=O) groups is 2. The van der Waals surface area contributed by atoms with Crippen LogP contribution < -0.4 is 0 Å². The number of nitrogens with zero attached hydrogens (tertiary/aromatic N) is 2. The predicted octanol–water partition coefficient (Wildman–Crippen LogP) is 0.330. The first-order valence-electron chi connectivity index (χ1n) is 6.93. The highest BCUT2D eigenvalue weighted by atomic mass is 16.3. The van der Waals surface area contributed by atoms with Gasteiger partial charge in [0.15, 0.2) is 0 Å². The molecule has 3 atom stereocenters. The van der Waals surface area contributed by atoms with E-state index in [9.17, 15) is 14.7 Å². The molecule has 5 heteroatoms. The van der Waals surface area contributed by atoms with E-state index in [0.29, 0.717) is 12.5 Å². The Labute approximate surface area is 114 Å². The Morgan fingerprint density at radius 2 is 1.74 bits per heavy atom. The maximum absolute atomic E-state index is 12.3. The number of hydrogen-bond acceptors (Lipinski definition) is 4. The molecule has 2 aliphatic rings. The molecule has 2 rings (SSSR count). The first kappa shape index (κ1) is 14.5. The van der Waals surface area contributed by atoms with Crippen LogP contribution in [0.1, 0.15) is 26.7 Å². The van der Waals surface area contributed by atoms with Crippen LogP contribution in [0.25, 0.3) is 0 Å². The zero-order chi connectivity index (χ0) is 14.4. The van der Waals surface area contributed by atoms with Crippen molar-refractivity contribution in [3.05, 3.63) is 0 Å². The van der Waals surface area contributed by atoms with Crippen molar-refractivity contribution in [2.24, 2.45) is 17.8 Å². The van der Waals surface area contributed by atoms with Crippen LogP contribution in [-0.2, 0) is 9.59 Å². The van der Waals surface area contributed by atoms with Gasteiger partial charge in [-0.2, -0.15) is 0 Å². The van der Waals surface area contributed by atoms with Crippen LogP contribution in [-0.4, -0.2) is 59.5 Å². The van der Waals surface area contributed by atoms with Crippen LogP contribution in [0.5, 0.6) is 0 Å². The molecule has 1 aliphatic heterocycles. The minimum absolute atomic E-state index is 0.0848. The maximum Gasteiger partial charge on any atom is 0.233 e. The second-order valence-electron chi connectivity index (χ2n) is 6.79. The third-order valence-corrected chi connectivity index (χ3v) is 4.12. The highest BCUT2D eigenvalue weighted by molar-refractivity contribution is 6.05. The zero-order valence-corrected chi connectivity index (χ0v) is 12.2. The van der Waals surface area contributed by atoms with Crippen molar-refractivity contribution >= 4 is 11.8 Å². The lowest BCUT2D eigenvalue weighted by atomic mass is 10.00. The summed E-state index contributed by atoms with van der Waals surface area (Å²) in [6, 6.07) is 0. The molecule has 0 spiro atoms. The van der Waals surface area contributed by atoms with Gasteiger partial charge in [-0.3, -0.25) is 14.5 Å². The number of hydrogen-bond donors (Lipinski definition) is 1. The van der Waals surface area contributed by atoms with Crippen LogP contribution in [0, 0.1) is 17.8 Å². The third-order valence-electron chi connectivity index (χ3n) is 4.12. The van der Waals surface area contributed by atoms with E-state index in [0.717, 1.165) is 12.8 Å². The van der Waals surface area contributed by atoms with Crippen LogP contribution in [0.3, 0.4) is 0 Å². The third kappa shape index (κ3) is 2.82. The van der Waals surface area contributed by atoms with E-state index in [1.165, 1.54) is 4.90 Å². The lowest BCUT2D eigenvalue weighted by Crippen LogP contribution is -2.49. The number of imide groups is 1. The van der Waals surface area contributed by atoms with Crippen molar-refractivity contribution in [1.82, 2.24) is 9.80 Å². The quantitative estimate of drug-likeness (QED) is 0.747. The van der Waals surface area contributed by atoms with E-state index in [-0.39, 0.29) is 30.2 Å². The molecule has 1 saturated heterocycles. The largest absolute Gasteiger partial charge is 0.387 e. The van der Waals surface area contributed by atoms with E-state index in [1.54, 1.807) is 6.92 Å². The molecule has 5 nitrogen and oxygen atoms in total. The van der Waals surface area contributed by atoms with Gasteiger partial charge in [0.1, 0.15) is 0 Å². The monoisotopic (exact) mass is 268 g/mol. The van der Waals surface area contributed by atoms with E-state index in [1.807, 2.05) is 19.0 Å². The number of likely N-dealkylation sites (tertiary alicyclic amines) is 1. The van der Waals surface area contributed by atoms with Gasteiger partial charge < -0.3 is 10.0 Å². The fourth-order valence-electron chi connectivity index (χ4n) is 3.57. The number of carbonyl (C=O) groups excluding carboxylic acids is 2. The molecule has 1 heterocycles. The van der Waals surface area contributed by atoms with Crippen molar-refractivity contribution in [1.29, 1.82) is 0 Å². The van der Waals surface area contributed by atoms with Crippen molar-refractivity contribution in [3.63, 3.8) is 0 Å². The van der Waals surface area contributed by atoms with E-state index >= 15 is 0 Å². The number of fused-ring (bicyclic) bond motifs is 1. The highest BCUT2D eigenvalue weighted by Gasteiger charge is 2.52. The molecular weight excluding hydrogens is 244 g/mol. The van der Waals surface area contributed by atoms with Crippen molar-refractivity contribution in [3.8, 4) is 0 Å². The summed E-state index contributed by atoms with van der Waals surface area (Å²) in [7, 11) is 3.72. The molecule has 108 valence electrons. The summed E-state index contributed by atoms with van der Waals surface area (Å²) in [6.45, 7) is 4.29. The van der Waals surface area contributed by atoms with Crippen LogP contribution in [0.2, 0.25) is 0 Å². The Bertz CT molecular complexity index is 368.